The third kappa shape index (κ3) is 8.72. The fraction of sp³-hybridized carbons (Fsp3) is 0.0278. The molecule has 47 heavy (non-hydrogen) atoms. The molecule has 0 spiro atoms. The fourth-order valence-electron chi connectivity index (χ4n) is 4.49. The molecule has 0 bridgehead atoms. The van der Waals surface area contributed by atoms with Crippen molar-refractivity contribution >= 4 is 64.2 Å². The van der Waals surface area contributed by atoms with Crippen LogP contribution in [0.25, 0.3) is 6.08 Å². The van der Waals surface area contributed by atoms with Gasteiger partial charge in [0, 0.05) is 22.2 Å². The van der Waals surface area contributed by atoms with Crippen LogP contribution in [0.15, 0.2) is 144 Å². The van der Waals surface area contributed by atoms with Crippen molar-refractivity contribution < 1.29 is 19.3 Å². The molecule has 5 rings (SSSR count). The minimum Gasteiger partial charge on any atom is -0.323 e. The number of anilines is 2. The van der Waals surface area contributed by atoms with Crippen LogP contribution >= 0.6 is 23.4 Å². The summed E-state index contributed by atoms with van der Waals surface area (Å²) >= 11 is 7.59. The summed E-state index contributed by atoms with van der Waals surface area (Å²) in [5, 5.41) is 19.7. The zero-order valence-electron chi connectivity index (χ0n) is 24.6. The zero-order chi connectivity index (χ0) is 33.2. The summed E-state index contributed by atoms with van der Waals surface area (Å²) < 4.78 is 0. The average Bonchev–Trinajstić information content (AvgIpc) is 3.09. The van der Waals surface area contributed by atoms with E-state index < -0.39 is 22.0 Å². The van der Waals surface area contributed by atoms with Crippen molar-refractivity contribution in [2.24, 2.45) is 0 Å². The number of para-hydroxylation sites is 2. The summed E-state index contributed by atoms with van der Waals surface area (Å²) in [6, 6.07) is 37.4. The van der Waals surface area contributed by atoms with Crippen LogP contribution in [0.4, 0.5) is 17.1 Å². The average molecular weight is 663 g/mol. The lowest BCUT2D eigenvalue weighted by Gasteiger charge is -2.18. The molecule has 0 aliphatic rings. The van der Waals surface area contributed by atoms with Crippen molar-refractivity contribution in [3.63, 3.8) is 0 Å². The Kier molecular flexibility index (Phi) is 10.8. The van der Waals surface area contributed by atoms with Gasteiger partial charge >= 0.3 is 0 Å². The molecule has 9 nitrogen and oxygen atoms in total. The molecule has 0 aliphatic heterocycles. The predicted molar refractivity (Wildman–Crippen MR) is 185 cm³/mol. The Morgan fingerprint density at radius 2 is 1.36 bits per heavy atom. The van der Waals surface area contributed by atoms with Crippen LogP contribution in [0.5, 0.6) is 0 Å². The van der Waals surface area contributed by atoms with E-state index in [1.807, 2.05) is 30.3 Å². The molecule has 5 aromatic rings. The maximum Gasteiger partial charge on any atom is 0.276 e. The number of hydrogen-bond donors (Lipinski definition) is 3. The Labute approximate surface area is 279 Å². The smallest absolute Gasteiger partial charge is 0.276 e. The van der Waals surface area contributed by atoms with Gasteiger partial charge in [0.25, 0.3) is 17.5 Å². The van der Waals surface area contributed by atoms with Crippen LogP contribution in [0.1, 0.15) is 26.7 Å². The van der Waals surface area contributed by atoms with E-state index >= 15 is 0 Å². The highest BCUT2D eigenvalue weighted by molar-refractivity contribution is 8.00. The zero-order valence-corrected chi connectivity index (χ0v) is 26.2. The number of hydrogen-bond acceptors (Lipinski definition) is 6. The largest absolute Gasteiger partial charge is 0.323 e. The van der Waals surface area contributed by atoms with E-state index in [2.05, 4.69) is 16.0 Å². The van der Waals surface area contributed by atoms with Crippen LogP contribution in [0.2, 0.25) is 5.02 Å². The minimum absolute atomic E-state index is 0.143. The number of nitrogens with zero attached hydrogens (tertiary/aromatic N) is 1. The van der Waals surface area contributed by atoms with Gasteiger partial charge in [-0.25, -0.2) is 0 Å². The number of halogens is 1. The molecule has 1 atom stereocenters. The van der Waals surface area contributed by atoms with Crippen molar-refractivity contribution in [2.45, 2.75) is 10.1 Å². The summed E-state index contributed by atoms with van der Waals surface area (Å²) in [5.41, 5.74) is 1.73. The summed E-state index contributed by atoms with van der Waals surface area (Å²) in [6.45, 7) is 0. The molecule has 0 heterocycles. The molecule has 0 fully saturated rings. The molecule has 0 saturated heterocycles. The normalized spacial score (nSPS) is 11.6. The van der Waals surface area contributed by atoms with Crippen molar-refractivity contribution in [2.75, 3.05) is 10.6 Å². The lowest BCUT2D eigenvalue weighted by atomic mass is 10.1. The highest BCUT2D eigenvalue weighted by Gasteiger charge is 2.23. The second-order valence-electron chi connectivity index (χ2n) is 10.1. The van der Waals surface area contributed by atoms with Gasteiger partial charge in [0.2, 0.25) is 5.91 Å². The highest BCUT2D eigenvalue weighted by Crippen LogP contribution is 2.37. The fourth-order valence-corrected chi connectivity index (χ4v) is 5.69. The number of nitro benzene ring substituents is 1. The Hall–Kier alpha value is -5.71. The Balaban J connectivity index is 1.36. The van der Waals surface area contributed by atoms with E-state index in [-0.39, 0.29) is 22.9 Å². The van der Waals surface area contributed by atoms with Crippen LogP contribution in [0, 0.1) is 10.1 Å². The number of carbonyl (C=O) groups excluding carboxylic acids is 3. The van der Waals surface area contributed by atoms with Gasteiger partial charge in [-0.2, -0.15) is 0 Å². The van der Waals surface area contributed by atoms with Crippen molar-refractivity contribution in [1.82, 2.24) is 5.32 Å². The maximum atomic E-state index is 13.5. The van der Waals surface area contributed by atoms with Gasteiger partial charge < -0.3 is 16.0 Å². The summed E-state index contributed by atoms with van der Waals surface area (Å²) in [6.07, 6.45) is 1.26. The van der Waals surface area contributed by atoms with Gasteiger partial charge in [0.15, 0.2) is 0 Å². The quantitative estimate of drug-likeness (QED) is 0.0567. The molecular weight excluding hydrogens is 636 g/mol. The summed E-state index contributed by atoms with van der Waals surface area (Å²) in [5.74, 6) is -1.50. The van der Waals surface area contributed by atoms with Gasteiger partial charge in [-0.1, -0.05) is 84.4 Å². The summed E-state index contributed by atoms with van der Waals surface area (Å²) in [4.78, 5) is 51.7. The van der Waals surface area contributed by atoms with E-state index in [4.69, 9.17) is 11.6 Å². The predicted octanol–water partition coefficient (Wildman–Crippen LogP) is 8.13. The Morgan fingerprint density at radius 3 is 2.04 bits per heavy atom. The number of nitrogens with one attached hydrogen (secondary N) is 3. The highest BCUT2D eigenvalue weighted by atomic mass is 35.5. The molecule has 234 valence electrons. The third-order valence-electron chi connectivity index (χ3n) is 6.80. The minimum atomic E-state index is -0.686. The van der Waals surface area contributed by atoms with Gasteiger partial charge in [0.05, 0.1) is 21.2 Å². The van der Waals surface area contributed by atoms with Gasteiger partial charge in [-0.05, 0) is 66.2 Å². The van der Waals surface area contributed by atoms with Crippen molar-refractivity contribution in [3.05, 3.63) is 171 Å². The molecule has 0 aromatic heterocycles. The standard InChI is InChI=1S/C36H27ClN4O5S/c37-29-16-8-9-17-30(29)39-36(44)33(24-11-3-1-4-12-24)47-28-21-19-27(20-22-28)38-35(43)31(40-34(42)25-13-5-2-6-14-25)23-26-15-7-10-18-32(26)41(45)46/h1-23,33H,(H,38,43)(H,39,44)(H,40,42)/b31-23-. The number of thioether (sulfide) groups is 1. The first-order valence-corrected chi connectivity index (χ1v) is 15.5. The first kappa shape index (κ1) is 32.7. The van der Waals surface area contributed by atoms with Crippen LogP contribution in [-0.2, 0) is 9.59 Å². The SMILES string of the molecule is O=C(Nc1ccc(SC(C(=O)Nc2ccccc2Cl)c2ccccc2)cc1)/C(=C/c1ccccc1[N+](=O)[O-])NC(=O)c1ccccc1. The number of carbonyl (C=O) groups is 3. The van der Waals surface area contributed by atoms with E-state index in [0.29, 0.717) is 22.0 Å². The lowest BCUT2D eigenvalue weighted by Crippen LogP contribution is -2.30. The molecule has 0 saturated carbocycles. The number of amides is 3. The molecule has 5 aromatic carbocycles. The van der Waals surface area contributed by atoms with Gasteiger partial charge in [0.1, 0.15) is 10.9 Å². The first-order chi connectivity index (χ1) is 22.8. The number of rotatable bonds is 11. The first-order valence-electron chi connectivity index (χ1n) is 14.3. The van der Waals surface area contributed by atoms with Gasteiger partial charge in [-0.3, -0.25) is 24.5 Å². The summed E-state index contributed by atoms with van der Waals surface area (Å²) in [7, 11) is 0. The number of benzene rings is 5. The molecular formula is C36H27ClN4O5S. The molecule has 3 N–H and O–H groups in total. The second kappa shape index (κ2) is 15.5. The van der Waals surface area contributed by atoms with E-state index in [1.165, 1.54) is 36.0 Å². The van der Waals surface area contributed by atoms with E-state index in [9.17, 15) is 24.5 Å². The second-order valence-corrected chi connectivity index (χ2v) is 11.6. The molecule has 0 aliphatic carbocycles. The number of nitro groups is 1. The molecule has 1 unspecified atom stereocenters. The molecule has 3 amide bonds. The van der Waals surface area contributed by atoms with Crippen LogP contribution in [-0.4, -0.2) is 22.6 Å². The van der Waals surface area contributed by atoms with Gasteiger partial charge in [-0.15, -0.1) is 11.8 Å². The van der Waals surface area contributed by atoms with Crippen molar-refractivity contribution in [3.8, 4) is 0 Å². The van der Waals surface area contributed by atoms with E-state index in [1.54, 1.807) is 84.9 Å². The van der Waals surface area contributed by atoms with Crippen molar-refractivity contribution in [1.29, 1.82) is 0 Å². The monoisotopic (exact) mass is 662 g/mol. The van der Waals surface area contributed by atoms with Crippen LogP contribution in [0.3, 0.4) is 0 Å². The third-order valence-corrected chi connectivity index (χ3v) is 8.40. The topological polar surface area (TPSA) is 130 Å². The Bertz CT molecular complexity index is 1940. The maximum absolute atomic E-state index is 13.5. The van der Waals surface area contributed by atoms with E-state index in [0.717, 1.165) is 10.5 Å². The molecule has 11 heteroatoms. The molecule has 0 radical (unpaired) electrons. The van der Waals surface area contributed by atoms with Crippen LogP contribution < -0.4 is 16.0 Å². The lowest BCUT2D eigenvalue weighted by molar-refractivity contribution is -0.385. The Morgan fingerprint density at radius 1 is 0.745 bits per heavy atom.